The van der Waals surface area contributed by atoms with Crippen LogP contribution in [0.3, 0.4) is 0 Å². The minimum atomic E-state index is 0.212. The van der Waals surface area contributed by atoms with Gasteiger partial charge >= 0.3 is 0 Å². The highest BCUT2D eigenvalue weighted by atomic mass is 16.3. The lowest BCUT2D eigenvalue weighted by Gasteiger charge is -2.30. The Hall–Kier alpha value is -0.120. The van der Waals surface area contributed by atoms with Crippen LogP contribution in [-0.4, -0.2) is 48.8 Å². The highest BCUT2D eigenvalue weighted by Gasteiger charge is 2.17. The van der Waals surface area contributed by atoms with Crippen LogP contribution >= 0.6 is 0 Å². The normalized spacial score (nSPS) is 20.1. The average molecular weight is 242 g/mol. The third-order valence-electron chi connectivity index (χ3n) is 3.62. The Morgan fingerprint density at radius 2 is 1.88 bits per heavy atom. The molecule has 1 fully saturated rings. The molecular formula is C14H30N2O. The fourth-order valence-electron chi connectivity index (χ4n) is 2.90. The maximum absolute atomic E-state index is 9.34. The summed E-state index contributed by atoms with van der Waals surface area (Å²) in [4.78, 5) is 2.38. The molecule has 1 saturated carbocycles. The first kappa shape index (κ1) is 14.9. The second-order valence-electron chi connectivity index (χ2n) is 5.93. The van der Waals surface area contributed by atoms with Gasteiger partial charge < -0.3 is 15.3 Å². The lowest BCUT2D eigenvalue weighted by molar-refractivity contribution is 0.170. The Balaban J connectivity index is 2.23. The maximum Gasteiger partial charge on any atom is 0.0597 e. The van der Waals surface area contributed by atoms with Crippen LogP contribution in [-0.2, 0) is 0 Å². The molecule has 1 rings (SSSR count). The highest BCUT2D eigenvalue weighted by molar-refractivity contribution is 4.75. The first-order chi connectivity index (χ1) is 8.11. The topological polar surface area (TPSA) is 35.5 Å². The number of hydrogen-bond acceptors (Lipinski definition) is 3. The van der Waals surface area contributed by atoms with Gasteiger partial charge in [0.25, 0.3) is 0 Å². The first-order valence-corrected chi connectivity index (χ1v) is 7.17. The molecule has 1 unspecified atom stereocenters. The predicted molar refractivity (Wildman–Crippen MR) is 73.2 cm³/mol. The van der Waals surface area contributed by atoms with Crippen molar-refractivity contribution in [2.45, 2.75) is 58.0 Å². The van der Waals surface area contributed by atoms with E-state index in [0.717, 1.165) is 12.5 Å². The van der Waals surface area contributed by atoms with E-state index in [1.807, 2.05) is 0 Å². The zero-order valence-corrected chi connectivity index (χ0v) is 11.8. The van der Waals surface area contributed by atoms with Gasteiger partial charge in [-0.25, -0.2) is 0 Å². The van der Waals surface area contributed by atoms with E-state index in [-0.39, 0.29) is 12.6 Å². The molecule has 17 heavy (non-hydrogen) atoms. The molecule has 0 heterocycles. The monoisotopic (exact) mass is 242 g/mol. The summed E-state index contributed by atoms with van der Waals surface area (Å²) in [6, 6.07) is 0.652. The van der Waals surface area contributed by atoms with Crippen LogP contribution in [0.2, 0.25) is 0 Å². The van der Waals surface area contributed by atoms with E-state index in [0.29, 0.717) is 6.04 Å². The van der Waals surface area contributed by atoms with E-state index in [1.54, 1.807) is 0 Å². The molecule has 2 N–H and O–H groups in total. The summed E-state index contributed by atoms with van der Waals surface area (Å²) in [6.45, 7) is 6.63. The van der Waals surface area contributed by atoms with E-state index in [9.17, 15) is 5.11 Å². The van der Waals surface area contributed by atoms with Gasteiger partial charge in [-0.1, -0.05) is 33.1 Å². The lowest BCUT2D eigenvalue weighted by Crippen LogP contribution is -2.46. The Bertz CT molecular complexity index is 191. The fourth-order valence-corrected chi connectivity index (χ4v) is 2.90. The van der Waals surface area contributed by atoms with Gasteiger partial charge in [-0.2, -0.15) is 0 Å². The largest absolute Gasteiger partial charge is 0.395 e. The summed E-state index contributed by atoms with van der Waals surface area (Å²) in [7, 11) is 2.18. The summed E-state index contributed by atoms with van der Waals surface area (Å²) < 4.78 is 0. The van der Waals surface area contributed by atoms with Gasteiger partial charge in [0.15, 0.2) is 0 Å². The van der Waals surface area contributed by atoms with Gasteiger partial charge in [-0.15, -0.1) is 0 Å². The molecule has 0 spiro atoms. The number of rotatable bonds is 7. The smallest absolute Gasteiger partial charge is 0.0597 e. The number of aliphatic hydroxyl groups is 1. The molecule has 0 aromatic rings. The van der Waals surface area contributed by atoms with Crippen molar-refractivity contribution >= 4 is 0 Å². The molecule has 0 aromatic heterocycles. The Labute approximate surface area is 107 Å². The summed E-state index contributed by atoms with van der Waals surface area (Å²) in [5.74, 6) is 0.882. The molecule has 0 aromatic carbocycles. The van der Waals surface area contributed by atoms with Gasteiger partial charge in [0.1, 0.15) is 0 Å². The standard InChI is InChI=1S/C14H30N2O/c1-12(2)15-14(11-17)10-16(3)9-13-7-5-4-6-8-13/h12-15,17H,4-11H2,1-3H3. The minimum Gasteiger partial charge on any atom is -0.395 e. The second-order valence-corrected chi connectivity index (χ2v) is 5.93. The number of nitrogens with one attached hydrogen (secondary N) is 1. The average Bonchev–Trinajstić information content (AvgIpc) is 2.28. The van der Waals surface area contributed by atoms with Crippen LogP contribution in [0.1, 0.15) is 46.0 Å². The first-order valence-electron chi connectivity index (χ1n) is 7.17. The van der Waals surface area contributed by atoms with Crippen molar-refractivity contribution < 1.29 is 5.11 Å². The molecule has 0 saturated heterocycles. The van der Waals surface area contributed by atoms with Crippen molar-refractivity contribution in [3.63, 3.8) is 0 Å². The SMILES string of the molecule is CC(C)NC(CO)CN(C)CC1CCCCC1. The van der Waals surface area contributed by atoms with Crippen LogP contribution in [0.25, 0.3) is 0 Å². The molecule has 1 aliphatic carbocycles. The van der Waals surface area contributed by atoms with E-state index in [4.69, 9.17) is 0 Å². The maximum atomic E-state index is 9.34. The Morgan fingerprint density at radius 1 is 1.24 bits per heavy atom. The molecule has 0 amide bonds. The van der Waals surface area contributed by atoms with Crippen molar-refractivity contribution in [1.82, 2.24) is 10.2 Å². The predicted octanol–water partition coefficient (Wildman–Crippen LogP) is 1.86. The van der Waals surface area contributed by atoms with Gasteiger partial charge in [0, 0.05) is 25.2 Å². The summed E-state index contributed by atoms with van der Waals surface area (Å²) in [5, 5.41) is 12.7. The van der Waals surface area contributed by atoms with Crippen molar-refractivity contribution in [3.8, 4) is 0 Å². The van der Waals surface area contributed by atoms with Crippen LogP contribution in [0.5, 0.6) is 0 Å². The molecule has 3 heteroatoms. The van der Waals surface area contributed by atoms with Crippen LogP contribution in [0.15, 0.2) is 0 Å². The minimum absolute atomic E-state index is 0.212. The lowest BCUT2D eigenvalue weighted by atomic mass is 9.89. The number of aliphatic hydroxyl groups excluding tert-OH is 1. The zero-order chi connectivity index (χ0) is 12.7. The number of nitrogens with zero attached hydrogens (tertiary/aromatic N) is 1. The number of likely N-dealkylation sites (N-methyl/N-ethyl adjacent to an activating group) is 1. The van der Waals surface area contributed by atoms with Crippen molar-refractivity contribution in [2.24, 2.45) is 5.92 Å². The van der Waals surface area contributed by atoms with E-state index < -0.39 is 0 Å². The van der Waals surface area contributed by atoms with E-state index in [2.05, 4.69) is 31.1 Å². The molecule has 0 bridgehead atoms. The summed E-state index contributed by atoms with van der Waals surface area (Å²) in [6.07, 6.45) is 7.03. The summed E-state index contributed by atoms with van der Waals surface area (Å²) >= 11 is 0. The Morgan fingerprint density at radius 3 is 2.41 bits per heavy atom. The van der Waals surface area contributed by atoms with Gasteiger partial charge in [0.2, 0.25) is 0 Å². The third-order valence-corrected chi connectivity index (χ3v) is 3.62. The quantitative estimate of drug-likeness (QED) is 0.715. The van der Waals surface area contributed by atoms with E-state index in [1.165, 1.54) is 38.6 Å². The third kappa shape index (κ3) is 6.39. The highest BCUT2D eigenvalue weighted by Crippen LogP contribution is 2.24. The molecule has 0 radical (unpaired) electrons. The van der Waals surface area contributed by atoms with Crippen molar-refractivity contribution in [3.05, 3.63) is 0 Å². The van der Waals surface area contributed by atoms with Gasteiger partial charge in [-0.05, 0) is 25.8 Å². The fraction of sp³-hybridized carbons (Fsp3) is 1.00. The molecule has 0 aliphatic heterocycles. The molecule has 3 nitrogen and oxygen atoms in total. The molecule has 1 aliphatic rings. The Kier molecular flexibility index (Phi) is 7.09. The molecule has 1 atom stereocenters. The van der Waals surface area contributed by atoms with E-state index >= 15 is 0 Å². The van der Waals surface area contributed by atoms with Crippen LogP contribution < -0.4 is 5.32 Å². The molecule has 102 valence electrons. The van der Waals surface area contributed by atoms with Crippen molar-refractivity contribution in [1.29, 1.82) is 0 Å². The van der Waals surface area contributed by atoms with Crippen LogP contribution in [0.4, 0.5) is 0 Å². The number of hydrogen-bond donors (Lipinski definition) is 2. The van der Waals surface area contributed by atoms with Crippen molar-refractivity contribution in [2.75, 3.05) is 26.7 Å². The van der Waals surface area contributed by atoms with Gasteiger partial charge in [0.05, 0.1) is 6.61 Å². The van der Waals surface area contributed by atoms with Crippen LogP contribution in [0, 0.1) is 5.92 Å². The summed E-state index contributed by atoms with van der Waals surface area (Å²) in [5.41, 5.74) is 0. The molecular weight excluding hydrogens is 212 g/mol. The second kappa shape index (κ2) is 8.06. The van der Waals surface area contributed by atoms with Gasteiger partial charge in [-0.3, -0.25) is 0 Å². The zero-order valence-electron chi connectivity index (χ0n) is 11.8.